The molecule has 0 radical (unpaired) electrons. The Morgan fingerprint density at radius 1 is 1.10 bits per heavy atom. The first-order chi connectivity index (χ1) is 14.1. The molecular formula is C23H33N3O3. The largest absolute Gasteiger partial charge is 0.493 e. The highest BCUT2D eigenvalue weighted by molar-refractivity contribution is 5.43. The maximum atomic E-state index is 10.4. The summed E-state index contributed by atoms with van der Waals surface area (Å²) < 4.78 is 11.4. The number of hydrogen-bond acceptors (Lipinski definition) is 6. The molecule has 0 spiro atoms. The van der Waals surface area contributed by atoms with Crippen LogP contribution in [0.25, 0.3) is 0 Å². The Kier molecular flexibility index (Phi) is 8.28. The number of benzene rings is 1. The number of aliphatic hydroxyl groups excluding tert-OH is 1. The summed E-state index contributed by atoms with van der Waals surface area (Å²) in [4.78, 5) is 8.91. The van der Waals surface area contributed by atoms with Crippen LogP contribution in [0.5, 0.6) is 11.5 Å². The zero-order valence-electron chi connectivity index (χ0n) is 17.6. The fraction of sp³-hybridized carbons (Fsp3) is 0.522. The van der Waals surface area contributed by atoms with E-state index in [9.17, 15) is 5.11 Å². The number of aromatic nitrogens is 1. The Hall–Kier alpha value is -2.15. The molecule has 1 aromatic heterocycles. The molecule has 3 rings (SSSR count). The third kappa shape index (κ3) is 6.99. The molecule has 1 saturated heterocycles. The van der Waals surface area contributed by atoms with Gasteiger partial charge in [0.25, 0.3) is 0 Å². The first-order valence-electron chi connectivity index (χ1n) is 10.4. The zero-order chi connectivity index (χ0) is 20.5. The highest BCUT2D eigenvalue weighted by atomic mass is 16.5. The lowest BCUT2D eigenvalue weighted by atomic mass is 10.1. The predicted octanol–water partition coefficient (Wildman–Crippen LogP) is 2.95. The summed E-state index contributed by atoms with van der Waals surface area (Å²) in [6.45, 7) is 4.61. The van der Waals surface area contributed by atoms with E-state index in [-0.39, 0.29) is 6.61 Å². The summed E-state index contributed by atoms with van der Waals surface area (Å²) in [7, 11) is 3.71. The molecule has 1 atom stereocenters. The fourth-order valence-corrected chi connectivity index (χ4v) is 3.75. The normalized spacial score (nSPS) is 16.0. The molecule has 1 aliphatic heterocycles. The monoisotopic (exact) mass is 399 g/mol. The second-order valence-electron chi connectivity index (χ2n) is 7.80. The van der Waals surface area contributed by atoms with Gasteiger partial charge in [0.2, 0.25) is 0 Å². The lowest BCUT2D eigenvalue weighted by Gasteiger charge is -2.28. The van der Waals surface area contributed by atoms with E-state index in [2.05, 4.69) is 21.8 Å². The number of nitrogens with zero attached hydrogens (tertiary/aromatic N) is 3. The Morgan fingerprint density at radius 2 is 1.93 bits per heavy atom. The van der Waals surface area contributed by atoms with Crippen molar-refractivity contribution in [1.82, 2.24) is 14.8 Å². The van der Waals surface area contributed by atoms with Gasteiger partial charge in [0.05, 0.1) is 12.8 Å². The highest BCUT2D eigenvalue weighted by Crippen LogP contribution is 2.29. The summed E-state index contributed by atoms with van der Waals surface area (Å²) in [5, 5.41) is 10.4. The van der Waals surface area contributed by atoms with Gasteiger partial charge in [0.1, 0.15) is 12.7 Å². The van der Waals surface area contributed by atoms with Crippen LogP contribution in [0.1, 0.15) is 30.5 Å². The molecule has 2 aromatic rings. The van der Waals surface area contributed by atoms with Crippen LogP contribution in [0.15, 0.2) is 42.6 Å². The van der Waals surface area contributed by atoms with Crippen LogP contribution in [0.2, 0.25) is 0 Å². The average molecular weight is 400 g/mol. The van der Waals surface area contributed by atoms with Gasteiger partial charge in [-0.25, -0.2) is 0 Å². The number of likely N-dealkylation sites (tertiary alicyclic amines) is 1. The SMILES string of the molecule is COc1ccc(CN(C)Cc2ccccn2)cc1OC[C@@H](O)CN1CCCCC1. The lowest BCUT2D eigenvalue weighted by Crippen LogP contribution is -2.38. The fourth-order valence-electron chi connectivity index (χ4n) is 3.75. The first kappa shape index (κ1) is 21.6. The van der Waals surface area contributed by atoms with E-state index in [0.29, 0.717) is 18.0 Å². The number of hydrogen-bond donors (Lipinski definition) is 1. The molecule has 1 N–H and O–H groups in total. The second-order valence-corrected chi connectivity index (χ2v) is 7.80. The van der Waals surface area contributed by atoms with Crippen molar-refractivity contribution in [3.05, 3.63) is 53.9 Å². The van der Waals surface area contributed by atoms with Crippen molar-refractivity contribution in [2.45, 2.75) is 38.5 Å². The molecule has 6 nitrogen and oxygen atoms in total. The Balaban J connectivity index is 1.54. The van der Waals surface area contributed by atoms with Gasteiger partial charge in [-0.3, -0.25) is 9.88 Å². The van der Waals surface area contributed by atoms with Gasteiger partial charge < -0.3 is 19.5 Å². The van der Waals surface area contributed by atoms with E-state index in [0.717, 1.165) is 37.4 Å². The van der Waals surface area contributed by atoms with Crippen molar-refractivity contribution in [2.24, 2.45) is 0 Å². The molecule has 1 aromatic carbocycles. The number of β-amino-alcohol motifs (C(OH)–C–C–N with tert-alkyl or cyclic N) is 1. The van der Waals surface area contributed by atoms with E-state index < -0.39 is 6.10 Å². The topological polar surface area (TPSA) is 58.1 Å². The van der Waals surface area contributed by atoms with Gasteiger partial charge in [0, 0.05) is 25.8 Å². The minimum Gasteiger partial charge on any atom is -0.493 e. The van der Waals surface area contributed by atoms with E-state index in [1.165, 1.54) is 19.3 Å². The molecule has 1 aliphatic rings. The van der Waals surface area contributed by atoms with Gasteiger partial charge in [-0.05, 0) is 62.8 Å². The standard InChI is InChI=1S/C23H33N3O3/c1-25(16-20-8-4-5-11-24-20)15-19-9-10-22(28-2)23(14-19)29-18-21(27)17-26-12-6-3-7-13-26/h4-5,8-11,14,21,27H,3,6-7,12-13,15-18H2,1-2H3/t21-/m0/s1. The molecule has 0 unspecified atom stereocenters. The number of rotatable bonds is 10. The van der Waals surface area contributed by atoms with Crippen LogP contribution >= 0.6 is 0 Å². The smallest absolute Gasteiger partial charge is 0.161 e. The van der Waals surface area contributed by atoms with Crippen molar-refractivity contribution in [3.63, 3.8) is 0 Å². The van der Waals surface area contributed by atoms with Crippen LogP contribution in [-0.4, -0.2) is 66.4 Å². The van der Waals surface area contributed by atoms with Crippen LogP contribution in [0, 0.1) is 0 Å². The molecule has 158 valence electrons. The van der Waals surface area contributed by atoms with Crippen molar-refractivity contribution >= 4 is 0 Å². The quantitative estimate of drug-likeness (QED) is 0.663. The van der Waals surface area contributed by atoms with Gasteiger partial charge in [-0.2, -0.15) is 0 Å². The number of aliphatic hydroxyl groups is 1. The number of piperidine rings is 1. The van der Waals surface area contributed by atoms with Crippen molar-refractivity contribution < 1.29 is 14.6 Å². The summed E-state index contributed by atoms with van der Waals surface area (Å²) in [5.74, 6) is 1.36. The number of ether oxygens (including phenoxy) is 2. The third-order valence-electron chi connectivity index (χ3n) is 5.19. The lowest BCUT2D eigenvalue weighted by molar-refractivity contribution is 0.0608. The number of methoxy groups -OCH3 is 1. The predicted molar refractivity (Wildman–Crippen MR) is 114 cm³/mol. The van der Waals surface area contributed by atoms with Gasteiger partial charge in [-0.1, -0.05) is 18.6 Å². The summed E-state index contributed by atoms with van der Waals surface area (Å²) in [5.41, 5.74) is 2.17. The maximum Gasteiger partial charge on any atom is 0.161 e. The summed E-state index contributed by atoms with van der Waals surface area (Å²) in [6.07, 6.45) is 5.04. The van der Waals surface area contributed by atoms with Crippen molar-refractivity contribution in [1.29, 1.82) is 0 Å². The van der Waals surface area contributed by atoms with Gasteiger partial charge >= 0.3 is 0 Å². The Bertz CT molecular complexity index is 735. The van der Waals surface area contributed by atoms with Crippen LogP contribution in [0.4, 0.5) is 0 Å². The maximum absolute atomic E-state index is 10.4. The Morgan fingerprint density at radius 3 is 2.66 bits per heavy atom. The second kappa shape index (κ2) is 11.1. The minimum absolute atomic E-state index is 0.264. The third-order valence-corrected chi connectivity index (χ3v) is 5.19. The molecule has 29 heavy (non-hydrogen) atoms. The average Bonchev–Trinajstić information content (AvgIpc) is 2.74. The number of pyridine rings is 1. The molecule has 2 heterocycles. The molecule has 0 aliphatic carbocycles. The van der Waals surface area contributed by atoms with Crippen LogP contribution < -0.4 is 9.47 Å². The van der Waals surface area contributed by atoms with Gasteiger partial charge in [0.15, 0.2) is 11.5 Å². The molecule has 6 heteroatoms. The zero-order valence-corrected chi connectivity index (χ0v) is 17.6. The molecule has 0 saturated carbocycles. The van der Waals surface area contributed by atoms with E-state index in [1.807, 2.05) is 42.6 Å². The molecule has 1 fully saturated rings. The molecular weight excluding hydrogens is 366 g/mol. The van der Waals surface area contributed by atoms with Crippen molar-refractivity contribution in [2.75, 3.05) is 40.4 Å². The van der Waals surface area contributed by atoms with Crippen LogP contribution in [0.3, 0.4) is 0 Å². The van der Waals surface area contributed by atoms with Crippen LogP contribution in [-0.2, 0) is 13.1 Å². The Labute approximate surface area is 174 Å². The summed E-state index contributed by atoms with van der Waals surface area (Å²) in [6, 6.07) is 11.9. The molecule has 0 amide bonds. The van der Waals surface area contributed by atoms with Gasteiger partial charge in [-0.15, -0.1) is 0 Å². The van der Waals surface area contributed by atoms with E-state index in [1.54, 1.807) is 7.11 Å². The van der Waals surface area contributed by atoms with E-state index >= 15 is 0 Å². The summed E-state index contributed by atoms with van der Waals surface area (Å²) >= 11 is 0. The minimum atomic E-state index is -0.506. The van der Waals surface area contributed by atoms with E-state index in [4.69, 9.17) is 9.47 Å². The first-order valence-corrected chi connectivity index (χ1v) is 10.4. The highest BCUT2D eigenvalue weighted by Gasteiger charge is 2.16. The van der Waals surface area contributed by atoms with Crippen molar-refractivity contribution in [3.8, 4) is 11.5 Å². The molecule has 0 bridgehead atoms.